The zero-order chi connectivity index (χ0) is 19.6. The standard InChI is InChI=1S/C16H22N2O8S/c1-22-9-3-4-11(23-2)13(5-9)27(20,21)18-10-6-25-16-12(7-26-15(10)16)24-8-14(17)19/h3-5,10,12,15-16,18H,6-8H2,1-2H3,(H2,17,19)/t10-,12+,15+,16+/m0/s1. The summed E-state index contributed by atoms with van der Waals surface area (Å²) in [4.78, 5) is 10.8. The number of fused-ring (bicyclic) bond motifs is 1. The van der Waals surface area contributed by atoms with E-state index in [9.17, 15) is 13.2 Å². The van der Waals surface area contributed by atoms with Crippen molar-refractivity contribution in [2.24, 2.45) is 5.73 Å². The van der Waals surface area contributed by atoms with E-state index >= 15 is 0 Å². The van der Waals surface area contributed by atoms with Gasteiger partial charge in [0.05, 0.1) is 33.5 Å². The average Bonchev–Trinajstić information content (AvgIpc) is 3.22. The quantitative estimate of drug-likeness (QED) is 0.566. The fourth-order valence-electron chi connectivity index (χ4n) is 3.15. The summed E-state index contributed by atoms with van der Waals surface area (Å²) in [5.74, 6) is -0.0265. The summed E-state index contributed by atoms with van der Waals surface area (Å²) in [5.41, 5.74) is 5.07. The first kappa shape index (κ1) is 19.8. The van der Waals surface area contributed by atoms with Gasteiger partial charge in [0.15, 0.2) is 0 Å². The third-order valence-electron chi connectivity index (χ3n) is 4.41. The van der Waals surface area contributed by atoms with Gasteiger partial charge >= 0.3 is 0 Å². The molecule has 0 saturated carbocycles. The number of primary amides is 1. The molecule has 2 aliphatic heterocycles. The Labute approximate surface area is 156 Å². The Balaban J connectivity index is 1.73. The van der Waals surface area contributed by atoms with E-state index in [0.717, 1.165) is 0 Å². The lowest BCUT2D eigenvalue weighted by Gasteiger charge is -2.19. The maximum absolute atomic E-state index is 12.9. The minimum atomic E-state index is -3.93. The summed E-state index contributed by atoms with van der Waals surface area (Å²) in [7, 11) is -1.10. The molecule has 0 aromatic heterocycles. The van der Waals surface area contributed by atoms with E-state index < -0.39 is 40.3 Å². The molecule has 0 radical (unpaired) electrons. The van der Waals surface area contributed by atoms with Crippen LogP contribution >= 0.6 is 0 Å². The number of ether oxygens (including phenoxy) is 5. The van der Waals surface area contributed by atoms with Crippen molar-refractivity contribution in [2.75, 3.05) is 34.0 Å². The predicted octanol–water partition coefficient (Wildman–Crippen LogP) is -0.981. The third-order valence-corrected chi connectivity index (χ3v) is 5.93. The number of nitrogens with one attached hydrogen (secondary N) is 1. The number of amides is 1. The number of methoxy groups -OCH3 is 2. The molecule has 1 amide bonds. The molecule has 0 bridgehead atoms. The van der Waals surface area contributed by atoms with Crippen molar-refractivity contribution in [2.45, 2.75) is 29.2 Å². The molecule has 0 spiro atoms. The van der Waals surface area contributed by atoms with Crippen LogP contribution < -0.4 is 19.9 Å². The topological polar surface area (TPSA) is 135 Å². The Morgan fingerprint density at radius 2 is 1.96 bits per heavy atom. The Hall–Kier alpha value is -1.92. The Kier molecular flexibility index (Phi) is 5.86. The smallest absolute Gasteiger partial charge is 0.244 e. The number of hydrogen-bond acceptors (Lipinski definition) is 8. The molecule has 27 heavy (non-hydrogen) atoms. The molecule has 10 nitrogen and oxygen atoms in total. The molecule has 2 saturated heterocycles. The third kappa shape index (κ3) is 4.17. The maximum atomic E-state index is 12.9. The Morgan fingerprint density at radius 1 is 1.22 bits per heavy atom. The van der Waals surface area contributed by atoms with Crippen LogP contribution in [-0.2, 0) is 29.0 Å². The van der Waals surface area contributed by atoms with Crippen LogP contribution in [0.1, 0.15) is 0 Å². The molecule has 2 heterocycles. The molecule has 2 aliphatic rings. The summed E-state index contributed by atoms with van der Waals surface area (Å²) in [6.07, 6.45) is -1.50. The second kappa shape index (κ2) is 7.98. The fourth-order valence-corrected chi connectivity index (χ4v) is 4.57. The zero-order valence-electron chi connectivity index (χ0n) is 14.9. The normalized spacial score (nSPS) is 27.3. The van der Waals surface area contributed by atoms with Crippen LogP contribution in [0.2, 0.25) is 0 Å². The summed E-state index contributed by atoms with van der Waals surface area (Å²) in [5, 5.41) is 0. The highest BCUT2D eigenvalue weighted by atomic mass is 32.2. The maximum Gasteiger partial charge on any atom is 0.244 e. The van der Waals surface area contributed by atoms with Gasteiger partial charge in [0.25, 0.3) is 0 Å². The summed E-state index contributed by atoms with van der Waals surface area (Å²) < 4.78 is 55.2. The number of nitrogens with two attached hydrogens (primary N) is 1. The molecular formula is C16H22N2O8S. The van der Waals surface area contributed by atoms with Crippen LogP contribution in [0, 0.1) is 0 Å². The lowest BCUT2D eigenvalue weighted by molar-refractivity contribution is -0.126. The lowest BCUT2D eigenvalue weighted by atomic mass is 10.1. The molecule has 0 aliphatic carbocycles. The van der Waals surface area contributed by atoms with E-state index in [2.05, 4.69) is 4.72 Å². The van der Waals surface area contributed by atoms with Gasteiger partial charge in [0, 0.05) is 6.07 Å². The number of rotatable bonds is 8. The minimum Gasteiger partial charge on any atom is -0.497 e. The Morgan fingerprint density at radius 3 is 2.63 bits per heavy atom. The monoisotopic (exact) mass is 402 g/mol. The molecule has 0 unspecified atom stereocenters. The van der Waals surface area contributed by atoms with Crippen molar-refractivity contribution in [3.63, 3.8) is 0 Å². The highest BCUT2D eigenvalue weighted by Crippen LogP contribution is 2.32. The summed E-state index contributed by atoms with van der Waals surface area (Å²) in [6.45, 7) is 0.0403. The number of sulfonamides is 1. The van der Waals surface area contributed by atoms with Crippen LogP contribution in [0.25, 0.3) is 0 Å². The van der Waals surface area contributed by atoms with Gasteiger partial charge in [-0.25, -0.2) is 13.1 Å². The van der Waals surface area contributed by atoms with Crippen molar-refractivity contribution in [3.05, 3.63) is 18.2 Å². The second-order valence-electron chi connectivity index (χ2n) is 6.16. The first-order valence-corrected chi connectivity index (χ1v) is 9.71. The second-order valence-corrected chi connectivity index (χ2v) is 7.84. The summed E-state index contributed by atoms with van der Waals surface area (Å²) in [6, 6.07) is 3.88. The molecule has 4 atom stereocenters. The van der Waals surface area contributed by atoms with Crippen molar-refractivity contribution in [3.8, 4) is 11.5 Å². The first-order valence-electron chi connectivity index (χ1n) is 8.23. The largest absolute Gasteiger partial charge is 0.497 e. The minimum absolute atomic E-state index is 0.0488. The highest BCUT2D eigenvalue weighted by Gasteiger charge is 2.49. The van der Waals surface area contributed by atoms with Gasteiger partial charge in [0.2, 0.25) is 15.9 Å². The number of carbonyl (C=O) groups is 1. The number of hydrogen-bond donors (Lipinski definition) is 2. The number of benzene rings is 1. The van der Waals surface area contributed by atoms with Crippen molar-refractivity contribution < 1.29 is 36.9 Å². The van der Waals surface area contributed by atoms with Gasteiger partial charge < -0.3 is 29.4 Å². The molecule has 3 N–H and O–H groups in total. The van der Waals surface area contributed by atoms with Crippen LogP contribution in [0.5, 0.6) is 11.5 Å². The SMILES string of the molecule is COc1ccc(OC)c(S(=O)(=O)N[C@H]2CO[C@H]3[C@@H]2OC[C@H]3OCC(N)=O)c1. The van der Waals surface area contributed by atoms with Gasteiger partial charge in [-0.3, -0.25) is 4.79 Å². The number of carbonyl (C=O) groups excluding carboxylic acids is 1. The van der Waals surface area contributed by atoms with Crippen molar-refractivity contribution in [1.29, 1.82) is 0 Å². The van der Waals surface area contributed by atoms with E-state index in [1.165, 1.54) is 26.4 Å². The van der Waals surface area contributed by atoms with Gasteiger partial charge in [-0.1, -0.05) is 0 Å². The average molecular weight is 402 g/mol. The highest BCUT2D eigenvalue weighted by molar-refractivity contribution is 7.89. The van der Waals surface area contributed by atoms with Crippen LogP contribution in [0.15, 0.2) is 23.1 Å². The van der Waals surface area contributed by atoms with E-state index in [0.29, 0.717) is 5.75 Å². The van der Waals surface area contributed by atoms with Crippen molar-refractivity contribution in [1.82, 2.24) is 4.72 Å². The van der Waals surface area contributed by atoms with Crippen molar-refractivity contribution >= 4 is 15.9 Å². The van der Waals surface area contributed by atoms with Crippen LogP contribution in [-0.4, -0.2) is 72.7 Å². The molecule has 1 aromatic rings. The van der Waals surface area contributed by atoms with E-state index in [1.54, 1.807) is 6.07 Å². The van der Waals surface area contributed by atoms with Crippen LogP contribution in [0.3, 0.4) is 0 Å². The van der Waals surface area contributed by atoms with Gasteiger partial charge in [-0.2, -0.15) is 0 Å². The molecular weight excluding hydrogens is 380 g/mol. The van der Waals surface area contributed by atoms with E-state index in [1.807, 2.05) is 0 Å². The predicted molar refractivity (Wildman–Crippen MR) is 92.1 cm³/mol. The van der Waals surface area contributed by atoms with Gasteiger partial charge in [-0.15, -0.1) is 0 Å². The first-order chi connectivity index (χ1) is 12.9. The molecule has 3 rings (SSSR count). The molecule has 1 aromatic carbocycles. The molecule has 150 valence electrons. The molecule has 11 heteroatoms. The van der Waals surface area contributed by atoms with Crippen LogP contribution in [0.4, 0.5) is 0 Å². The fraction of sp³-hybridized carbons (Fsp3) is 0.562. The Bertz CT molecular complexity index is 800. The van der Waals surface area contributed by atoms with Gasteiger partial charge in [0.1, 0.15) is 41.3 Å². The molecule has 2 fully saturated rings. The lowest BCUT2D eigenvalue weighted by Crippen LogP contribution is -2.44. The summed E-state index contributed by atoms with van der Waals surface area (Å²) >= 11 is 0. The zero-order valence-corrected chi connectivity index (χ0v) is 15.7. The van der Waals surface area contributed by atoms with Gasteiger partial charge in [-0.05, 0) is 12.1 Å². The van der Waals surface area contributed by atoms with E-state index in [-0.39, 0.29) is 30.5 Å². The van der Waals surface area contributed by atoms with E-state index in [4.69, 9.17) is 29.4 Å².